The Kier molecular flexibility index (Phi) is 4.96. The van der Waals surface area contributed by atoms with Gasteiger partial charge in [-0.15, -0.1) is 11.3 Å². The summed E-state index contributed by atoms with van der Waals surface area (Å²) in [7, 11) is 0. The van der Waals surface area contributed by atoms with Crippen molar-refractivity contribution in [3.63, 3.8) is 0 Å². The van der Waals surface area contributed by atoms with Crippen LogP contribution in [0.25, 0.3) is 10.8 Å². The van der Waals surface area contributed by atoms with Crippen molar-refractivity contribution in [3.05, 3.63) is 82.3 Å². The summed E-state index contributed by atoms with van der Waals surface area (Å²) in [5, 5.41) is 8.53. The summed E-state index contributed by atoms with van der Waals surface area (Å²) < 4.78 is 7.48. The van der Waals surface area contributed by atoms with Crippen LogP contribution in [-0.4, -0.2) is 20.7 Å². The van der Waals surface area contributed by atoms with Crippen LogP contribution in [0.2, 0.25) is 0 Å². The normalized spacial score (nSPS) is 15.7. The average molecular weight is 419 g/mol. The smallest absolute Gasteiger partial charge is 0.271 e. The zero-order valence-corrected chi connectivity index (χ0v) is 17.5. The second-order valence-corrected chi connectivity index (χ2v) is 8.71. The molecule has 0 aliphatic heterocycles. The first kappa shape index (κ1) is 18.8. The molecule has 7 heteroatoms. The van der Waals surface area contributed by atoms with E-state index in [-0.39, 0.29) is 11.9 Å². The van der Waals surface area contributed by atoms with E-state index in [0.717, 1.165) is 41.3 Å². The fraction of sp³-hybridized carbons (Fsp3) is 0.261. The minimum atomic E-state index is -0.143. The Morgan fingerprint density at radius 2 is 2.13 bits per heavy atom. The first-order valence-electron chi connectivity index (χ1n) is 10.1. The Labute approximate surface area is 178 Å². The SMILES string of the molecule is Cc1sc(-c2ccco2)nc1C(=O)NC1CCCc2c1cnn2Cc1ccccc1. The van der Waals surface area contributed by atoms with Crippen LogP contribution in [0.4, 0.5) is 0 Å². The molecule has 0 saturated heterocycles. The summed E-state index contributed by atoms with van der Waals surface area (Å²) in [5.74, 6) is 0.541. The summed E-state index contributed by atoms with van der Waals surface area (Å²) in [4.78, 5) is 18.4. The molecule has 30 heavy (non-hydrogen) atoms. The van der Waals surface area contributed by atoms with Gasteiger partial charge < -0.3 is 9.73 Å². The molecule has 0 fully saturated rings. The van der Waals surface area contributed by atoms with E-state index < -0.39 is 0 Å². The maximum Gasteiger partial charge on any atom is 0.271 e. The van der Waals surface area contributed by atoms with Crippen LogP contribution in [0, 0.1) is 6.92 Å². The van der Waals surface area contributed by atoms with Crippen molar-refractivity contribution >= 4 is 17.2 Å². The minimum absolute atomic E-state index is 0.0427. The van der Waals surface area contributed by atoms with Crippen molar-refractivity contribution in [2.24, 2.45) is 0 Å². The number of nitrogens with one attached hydrogen (secondary N) is 1. The fourth-order valence-corrected chi connectivity index (χ4v) is 4.88. The van der Waals surface area contributed by atoms with Crippen LogP contribution in [0.5, 0.6) is 0 Å². The Morgan fingerprint density at radius 1 is 1.27 bits per heavy atom. The largest absolute Gasteiger partial charge is 0.462 e. The number of furan rings is 1. The second kappa shape index (κ2) is 7.91. The number of carbonyl (C=O) groups is 1. The van der Waals surface area contributed by atoms with Crippen LogP contribution < -0.4 is 5.32 Å². The van der Waals surface area contributed by atoms with Crippen LogP contribution in [0.1, 0.15) is 51.1 Å². The molecule has 3 aromatic heterocycles. The van der Waals surface area contributed by atoms with Gasteiger partial charge in [0.25, 0.3) is 5.91 Å². The monoisotopic (exact) mass is 418 g/mol. The molecule has 1 N–H and O–H groups in total. The lowest BCUT2D eigenvalue weighted by molar-refractivity contribution is 0.0927. The fourth-order valence-electron chi connectivity index (χ4n) is 4.00. The standard InChI is InChI=1S/C23H22N4O2S/c1-15-21(26-23(30-15)20-11-6-12-29-20)22(28)25-18-9-5-10-19-17(18)13-24-27(19)14-16-7-3-2-4-8-16/h2-4,6-8,11-13,18H,5,9-10,14H2,1H3,(H,25,28). The van der Waals surface area contributed by atoms with Crippen molar-refractivity contribution in [1.29, 1.82) is 0 Å². The van der Waals surface area contributed by atoms with Gasteiger partial charge in [0.1, 0.15) is 5.69 Å². The maximum absolute atomic E-state index is 13.0. The van der Waals surface area contributed by atoms with E-state index in [4.69, 9.17) is 4.42 Å². The van der Waals surface area contributed by atoms with Crippen molar-refractivity contribution in [1.82, 2.24) is 20.1 Å². The van der Waals surface area contributed by atoms with Gasteiger partial charge in [-0.2, -0.15) is 5.10 Å². The third-order valence-electron chi connectivity index (χ3n) is 5.49. The summed E-state index contributed by atoms with van der Waals surface area (Å²) in [6.07, 6.45) is 6.43. The number of carbonyl (C=O) groups excluding carboxylic acids is 1. The number of hydrogen-bond acceptors (Lipinski definition) is 5. The topological polar surface area (TPSA) is 73.0 Å². The highest BCUT2D eigenvalue weighted by molar-refractivity contribution is 7.15. The third-order valence-corrected chi connectivity index (χ3v) is 6.47. The molecule has 1 aromatic carbocycles. The van der Waals surface area contributed by atoms with Crippen LogP contribution in [0.3, 0.4) is 0 Å². The zero-order valence-electron chi connectivity index (χ0n) is 16.7. The predicted octanol–water partition coefficient (Wildman–Crippen LogP) is 4.76. The van der Waals surface area contributed by atoms with E-state index in [2.05, 4.69) is 32.2 Å². The molecule has 1 aliphatic rings. The Morgan fingerprint density at radius 3 is 2.93 bits per heavy atom. The Hall–Kier alpha value is -3.19. The molecule has 0 saturated carbocycles. The number of aryl methyl sites for hydroxylation is 1. The molecule has 1 atom stereocenters. The van der Waals surface area contributed by atoms with Crippen molar-refractivity contribution in [2.45, 2.75) is 38.8 Å². The van der Waals surface area contributed by atoms with Gasteiger partial charge in [-0.05, 0) is 43.9 Å². The number of fused-ring (bicyclic) bond motifs is 1. The molecule has 1 aliphatic carbocycles. The highest BCUT2D eigenvalue weighted by atomic mass is 32.1. The van der Waals surface area contributed by atoms with Gasteiger partial charge in [0.15, 0.2) is 10.8 Å². The Bertz CT molecular complexity index is 1160. The van der Waals surface area contributed by atoms with Crippen LogP contribution in [0.15, 0.2) is 59.3 Å². The quantitative estimate of drug-likeness (QED) is 0.507. The van der Waals surface area contributed by atoms with Crippen molar-refractivity contribution in [2.75, 3.05) is 0 Å². The zero-order chi connectivity index (χ0) is 20.5. The number of hydrogen-bond donors (Lipinski definition) is 1. The number of rotatable bonds is 5. The summed E-state index contributed by atoms with van der Waals surface area (Å²) in [6, 6.07) is 14.0. The molecule has 1 unspecified atom stereocenters. The number of nitrogens with zero attached hydrogens (tertiary/aromatic N) is 3. The summed E-state index contributed by atoms with van der Waals surface area (Å²) in [5.41, 5.74) is 4.01. The van der Waals surface area contributed by atoms with Crippen molar-refractivity contribution < 1.29 is 9.21 Å². The number of benzene rings is 1. The molecular formula is C23H22N4O2S. The number of aromatic nitrogens is 3. The van der Waals surface area contributed by atoms with Crippen LogP contribution in [-0.2, 0) is 13.0 Å². The lowest BCUT2D eigenvalue weighted by Gasteiger charge is -2.24. The number of amides is 1. The predicted molar refractivity (Wildman–Crippen MR) is 115 cm³/mol. The summed E-state index contributed by atoms with van der Waals surface area (Å²) >= 11 is 1.47. The van der Waals surface area contributed by atoms with Gasteiger partial charge in [-0.3, -0.25) is 9.48 Å². The lowest BCUT2D eigenvalue weighted by atomic mass is 9.92. The molecule has 3 heterocycles. The van der Waals surface area contributed by atoms with Crippen molar-refractivity contribution in [3.8, 4) is 10.8 Å². The molecule has 1 amide bonds. The van der Waals surface area contributed by atoms with Gasteiger partial charge >= 0.3 is 0 Å². The van der Waals surface area contributed by atoms with Gasteiger partial charge in [-0.1, -0.05) is 30.3 Å². The molecule has 5 rings (SSSR count). The molecular weight excluding hydrogens is 396 g/mol. The second-order valence-electron chi connectivity index (χ2n) is 7.51. The minimum Gasteiger partial charge on any atom is -0.462 e. The van der Waals surface area contributed by atoms with E-state index in [9.17, 15) is 4.79 Å². The molecule has 152 valence electrons. The highest BCUT2D eigenvalue weighted by Crippen LogP contribution is 2.32. The van der Waals surface area contributed by atoms with Gasteiger partial charge in [0, 0.05) is 16.1 Å². The van der Waals surface area contributed by atoms with E-state index in [1.165, 1.54) is 22.6 Å². The molecule has 0 spiro atoms. The molecule has 0 radical (unpaired) electrons. The average Bonchev–Trinajstić information content (AvgIpc) is 3.49. The molecule has 0 bridgehead atoms. The van der Waals surface area contributed by atoms with E-state index in [1.807, 2.05) is 43.5 Å². The van der Waals surface area contributed by atoms with E-state index >= 15 is 0 Å². The lowest BCUT2D eigenvalue weighted by Crippen LogP contribution is -2.31. The van der Waals surface area contributed by atoms with Gasteiger partial charge in [-0.25, -0.2) is 4.98 Å². The first-order chi connectivity index (χ1) is 14.7. The highest BCUT2D eigenvalue weighted by Gasteiger charge is 2.27. The van der Waals surface area contributed by atoms with E-state index in [1.54, 1.807) is 6.26 Å². The van der Waals surface area contributed by atoms with E-state index in [0.29, 0.717) is 11.5 Å². The molecule has 4 aromatic rings. The van der Waals surface area contributed by atoms with Gasteiger partial charge in [0.05, 0.1) is 25.0 Å². The third kappa shape index (κ3) is 3.57. The molecule has 6 nitrogen and oxygen atoms in total. The summed E-state index contributed by atoms with van der Waals surface area (Å²) in [6.45, 7) is 2.66. The maximum atomic E-state index is 13.0. The van der Waals surface area contributed by atoms with Gasteiger partial charge in [0.2, 0.25) is 0 Å². The first-order valence-corrected chi connectivity index (χ1v) is 10.9. The number of thiazole rings is 1. The van der Waals surface area contributed by atoms with Crippen LogP contribution >= 0.6 is 11.3 Å². The Balaban J connectivity index is 1.35.